The third-order valence-electron chi connectivity index (χ3n) is 4.01. The molecule has 122 valence electrons. The maximum absolute atomic E-state index is 13.9. The molecule has 0 amide bonds. The lowest BCUT2D eigenvalue weighted by atomic mass is 9.89. The number of benzene rings is 1. The van der Waals surface area contributed by atoms with Gasteiger partial charge in [0.2, 0.25) is 0 Å². The SMILES string of the molecule is CCOC(=O)C(F)(F)c1ccc(OC2CCC(C)CC2)cc1. The minimum absolute atomic E-state index is 0.0737. The van der Waals surface area contributed by atoms with Crippen LogP contribution in [0.5, 0.6) is 5.75 Å². The van der Waals surface area contributed by atoms with Crippen LogP contribution in [0.2, 0.25) is 0 Å². The Bertz CT molecular complexity index is 491. The fourth-order valence-corrected chi connectivity index (χ4v) is 2.62. The summed E-state index contributed by atoms with van der Waals surface area (Å²) in [6.07, 6.45) is 4.38. The van der Waals surface area contributed by atoms with Crippen LogP contribution < -0.4 is 4.74 Å². The van der Waals surface area contributed by atoms with Gasteiger partial charge in [-0.15, -0.1) is 0 Å². The largest absolute Gasteiger partial charge is 0.490 e. The lowest BCUT2D eigenvalue weighted by Crippen LogP contribution is -2.28. The average Bonchev–Trinajstić information content (AvgIpc) is 2.50. The summed E-state index contributed by atoms with van der Waals surface area (Å²) >= 11 is 0. The van der Waals surface area contributed by atoms with Gasteiger partial charge in [0.1, 0.15) is 5.75 Å². The number of rotatable bonds is 5. The molecule has 1 aliphatic rings. The van der Waals surface area contributed by atoms with Gasteiger partial charge >= 0.3 is 11.9 Å². The molecule has 2 rings (SSSR count). The summed E-state index contributed by atoms with van der Waals surface area (Å²) in [7, 11) is 0. The van der Waals surface area contributed by atoms with Crippen LogP contribution in [0, 0.1) is 5.92 Å². The van der Waals surface area contributed by atoms with Crippen molar-refractivity contribution in [2.24, 2.45) is 5.92 Å². The van der Waals surface area contributed by atoms with Crippen molar-refractivity contribution in [1.82, 2.24) is 0 Å². The first-order valence-corrected chi connectivity index (χ1v) is 7.75. The Balaban J connectivity index is 1.99. The van der Waals surface area contributed by atoms with Gasteiger partial charge in [0.15, 0.2) is 0 Å². The van der Waals surface area contributed by atoms with Gasteiger partial charge in [0.25, 0.3) is 0 Å². The van der Waals surface area contributed by atoms with E-state index in [9.17, 15) is 13.6 Å². The lowest BCUT2D eigenvalue weighted by molar-refractivity contribution is -0.173. The van der Waals surface area contributed by atoms with E-state index in [4.69, 9.17) is 4.74 Å². The minimum atomic E-state index is -3.63. The van der Waals surface area contributed by atoms with Gasteiger partial charge in [0, 0.05) is 5.56 Å². The first kappa shape index (κ1) is 16.7. The normalized spacial score (nSPS) is 22.2. The molecule has 0 unspecified atom stereocenters. The topological polar surface area (TPSA) is 35.5 Å². The van der Waals surface area contributed by atoms with Crippen molar-refractivity contribution < 1.29 is 23.0 Å². The van der Waals surface area contributed by atoms with Gasteiger partial charge in [-0.05, 0) is 62.8 Å². The van der Waals surface area contributed by atoms with E-state index in [0.29, 0.717) is 5.75 Å². The molecule has 0 saturated heterocycles. The molecule has 22 heavy (non-hydrogen) atoms. The second-order valence-electron chi connectivity index (χ2n) is 5.82. The number of hydrogen-bond acceptors (Lipinski definition) is 3. The maximum Gasteiger partial charge on any atom is 0.381 e. The Morgan fingerprint density at radius 1 is 1.18 bits per heavy atom. The molecule has 1 aliphatic carbocycles. The monoisotopic (exact) mass is 312 g/mol. The predicted molar refractivity (Wildman–Crippen MR) is 79.0 cm³/mol. The van der Waals surface area contributed by atoms with Crippen LogP contribution in [0.25, 0.3) is 0 Å². The zero-order valence-electron chi connectivity index (χ0n) is 13.0. The molecule has 0 spiro atoms. The summed E-state index contributed by atoms with van der Waals surface area (Å²) in [5, 5.41) is 0. The molecule has 0 aromatic heterocycles. The van der Waals surface area contributed by atoms with E-state index >= 15 is 0 Å². The zero-order valence-corrected chi connectivity index (χ0v) is 13.0. The van der Waals surface area contributed by atoms with Gasteiger partial charge in [-0.1, -0.05) is 6.92 Å². The van der Waals surface area contributed by atoms with Crippen molar-refractivity contribution in [1.29, 1.82) is 0 Å². The van der Waals surface area contributed by atoms with Crippen LogP contribution in [0.1, 0.15) is 45.1 Å². The highest BCUT2D eigenvalue weighted by molar-refractivity contribution is 5.79. The number of alkyl halides is 2. The summed E-state index contributed by atoms with van der Waals surface area (Å²) in [6, 6.07) is 5.41. The van der Waals surface area contributed by atoms with Gasteiger partial charge in [0.05, 0.1) is 12.7 Å². The van der Waals surface area contributed by atoms with Crippen molar-refractivity contribution in [3.8, 4) is 5.75 Å². The molecule has 0 bridgehead atoms. The number of hydrogen-bond donors (Lipinski definition) is 0. The Kier molecular flexibility index (Phi) is 5.37. The smallest absolute Gasteiger partial charge is 0.381 e. The molecule has 1 aromatic carbocycles. The number of carbonyl (C=O) groups excluding carboxylic acids is 1. The Labute approximate surface area is 129 Å². The molecule has 0 atom stereocenters. The van der Waals surface area contributed by atoms with Crippen LogP contribution in [0.3, 0.4) is 0 Å². The lowest BCUT2D eigenvalue weighted by Gasteiger charge is -2.27. The number of halogens is 2. The highest BCUT2D eigenvalue weighted by Crippen LogP contribution is 2.32. The first-order chi connectivity index (χ1) is 10.4. The highest BCUT2D eigenvalue weighted by atomic mass is 19.3. The number of esters is 1. The molecule has 1 aromatic rings. The second-order valence-corrected chi connectivity index (χ2v) is 5.82. The first-order valence-electron chi connectivity index (χ1n) is 7.75. The van der Waals surface area contributed by atoms with Crippen LogP contribution in [-0.2, 0) is 15.5 Å². The number of ether oxygens (including phenoxy) is 2. The van der Waals surface area contributed by atoms with E-state index < -0.39 is 11.9 Å². The second kappa shape index (κ2) is 7.07. The summed E-state index contributed by atoms with van der Waals surface area (Å²) in [6.45, 7) is 3.65. The van der Waals surface area contributed by atoms with E-state index in [1.807, 2.05) is 0 Å². The van der Waals surface area contributed by atoms with E-state index in [1.54, 1.807) is 0 Å². The van der Waals surface area contributed by atoms with Crippen molar-refractivity contribution in [3.63, 3.8) is 0 Å². The Morgan fingerprint density at radius 3 is 2.32 bits per heavy atom. The molecule has 1 saturated carbocycles. The molecular formula is C17H22F2O3. The number of carbonyl (C=O) groups is 1. The van der Waals surface area contributed by atoms with Crippen LogP contribution in [0.4, 0.5) is 8.78 Å². The van der Waals surface area contributed by atoms with E-state index in [0.717, 1.165) is 31.6 Å². The summed E-state index contributed by atoms with van der Waals surface area (Å²) in [5.74, 6) is -3.87. The molecule has 0 N–H and O–H groups in total. The maximum atomic E-state index is 13.9. The van der Waals surface area contributed by atoms with E-state index in [1.165, 1.54) is 31.2 Å². The van der Waals surface area contributed by atoms with Crippen LogP contribution in [-0.4, -0.2) is 18.7 Å². The molecule has 1 fully saturated rings. The molecular weight excluding hydrogens is 290 g/mol. The van der Waals surface area contributed by atoms with Gasteiger partial charge in [-0.25, -0.2) is 4.79 Å². The van der Waals surface area contributed by atoms with E-state index in [2.05, 4.69) is 11.7 Å². The Morgan fingerprint density at radius 2 is 1.77 bits per heavy atom. The quantitative estimate of drug-likeness (QED) is 0.761. The van der Waals surface area contributed by atoms with Gasteiger partial charge in [-0.3, -0.25) is 0 Å². The third-order valence-corrected chi connectivity index (χ3v) is 4.01. The molecule has 0 heterocycles. The zero-order chi connectivity index (χ0) is 16.2. The standard InChI is InChI=1S/C17H22F2O3/c1-3-21-16(20)17(18,19)13-6-10-15(11-7-13)22-14-8-4-12(2)5-9-14/h6-7,10-12,14H,3-5,8-9H2,1-2H3. The van der Waals surface area contributed by atoms with Crippen molar-refractivity contribution in [3.05, 3.63) is 29.8 Å². The fourth-order valence-electron chi connectivity index (χ4n) is 2.62. The minimum Gasteiger partial charge on any atom is -0.490 e. The molecule has 0 aliphatic heterocycles. The van der Waals surface area contributed by atoms with E-state index in [-0.39, 0.29) is 18.3 Å². The highest BCUT2D eigenvalue weighted by Gasteiger charge is 2.42. The van der Waals surface area contributed by atoms with Crippen LogP contribution >= 0.6 is 0 Å². The van der Waals surface area contributed by atoms with Crippen molar-refractivity contribution in [2.75, 3.05) is 6.61 Å². The predicted octanol–water partition coefficient (Wildman–Crippen LogP) is 4.30. The van der Waals surface area contributed by atoms with Gasteiger partial charge < -0.3 is 9.47 Å². The van der Waals surface area contributed by atoms with Crippen molar-refractivity contribution >= 4 is 5.97 Å². The summed E-state index contributed by atoms with van der Waals surface area (Å²) in [5.41, 5.74) is -0.379. The van der Waals surface area contributed by atoms with Gasteiger partial charge in [-0.2, -0.15) is 8.78 Å². The fraction of sp³-hybridized carbons (Fsp3) is 0.588. The summed E-state index contributed by atoms with van der Waals surface area (Å²) < 4.78 is 37.9. The summed E-state index contributed by atoms with van der Waals surface area (Å²) in [4.78, 5) is 11.3. The molecule has 3 nitrogen and oxygen atoms in total. The molecule has 0 radical (unpaired) electrons. The third kappa shape index (κ3) is 3.96. The van der Waals surface area contributed by atoms with Crippen LogP contribution in [0.15, 0.2) is 24.3 Å². The Hall–Kier alpha value is -1.65. The molecule has 5 heteroatoms. The average molecular weight is 312 g/mol. The van der Waals surface area contributed by atoms with Crippen molar-refractivity contribution in [2.45, 2.75) is 51.6 Å².